The molecule has 0 aliphatic carbocycles. The fourth-order valence-corrected chi connectivity index (χ4v) is 10.8. The third-order valence-electron chi connectivity index (χ3n) is 15.1. The molecule has 0 aromatic carbocycles. The molecule has 35 atom stereocenters. The Morgan fingerprint density at radius 2 is 0.392 bits per heavy atom. The number of hydrogen-bond acceptors (Lipinski definition) is 35. The minimum Gasteiger partial charge on any atom is -0.394 e. The molecule has 20 N–H and O–H groups in total. The van der Waals surface area contributed by atoms with Gasteiger partial charge in [-0.15, -0.1) is 0 Å². The minimum atomic E-state index is -2.20. The molecule has 0 aromatic heterocycles. The Balaban J connectivity index is 1.09. The van der Waals surface area contributed by atoms with Crippen LogP contribution in [0.4, 0.5) is 0 Å². The van der Waals surface area contributed by atoms with Crippen molar-refractivity contribution in [3.63, 3.8) is 0 Å². The smallest absolute Gasteiger partial charge is 0.187 e. The fourth-order valence-electron chi connectivity index (χ4n) is 10.8. The Morgan fingerprint density at radius 1 is 0.228 bits per heavy atom. The summed E-state index contributed by atoms with van der Waals surface area (Å²) in [5, 5.41) is 221. The number of aliphatic hydroxyl groups excluding tert-OH is 20. The maximum absolute atomic E-state index is 11.8. The van der Waals surface area contributed by atoms with Crippen molar-refractivity contribution in [2.75, 3.05) is 52.9 Å². The summed E-state index contributed by atoms with van der Waals surface area (Å²) >= 11 is 0. The molecule has 0 radical (unpaired) electrons. The largest absolute Gasteiger partial charge is 0.394 e. The first kappa shape index (κ1) is 63.6. The lowest BCUT2D eigenvalue weighted by Gasteiger charge is -2.50. The quantitative estimate of drug-likeness (QED) is 0.102. The van der Waals surface area contributed by atoms with Crippen LogP contribution in [0.1, 0.15) is 6.92 Å². The van der Waals surface area contributed by atoms with Crippen LogP contribution in [0.15, 0.2) is 0 Å². The standard InChI is InChI=1S/C44H74O35/c1-2-65-37-29(64)36-16(9-51)72-44(37)79-35-15(8-50)71-42(28(63)22(35)57)77-33-13(6-48)69-40(26(61)20(33)55)75-31-11(4-46)67-38(24(59)18(31)53)73-30-10(3-45)66-39(23(58)17(30)52)74-32-12(5-47)68-41(25(60)19(32)54)76-34-14(7-49)70-43(78-36)27(62)21(34)56/h10-64H,2-9H2,1H3. The average Bonchev–Trinajstić information content (AvgIpc) is 3.51. The first-order chi connectivity index (χ1) is 37.7. The van der Waals surface area contributed by atoms with Crippen molar-refractivity contribution in [2.45, 2.75) is 222 Å². The van der Waals surface area contributed by atoms with Crippen molar-refractivity contribution in [3.05, 3.63) is 0 Å². The van der Waals surface area contributed by atoms with E-state index in [0.29, 0.717) is 0 Å². The van der Waals surface area contributed by atoms with Crippen LogP contribution in [0.2, 0.25) is 0 Å². The van der Waals surface area contributed by atoms with Crippen molar-refractivity contribution >= 4 is 0 Å². The Hall–Kier alpha value is -1.40. The Labute approximate surface area is 447 Å². The maximum Gasteiger partial charge on any atom is 0.187 e. The van der Waals surface area contributed by atoms with Crippen molar-refractivity contribution in [1.29, 1.82) is 0 Å². The Morgan fingerprint density at radius 3 is 0.570 bits per heavy atom. The van der Waals surface area contributed by atoms with E-state index in [1.165, 1.54) is 6.92 Å². The zero-order valence-electron chi connectivity index (χ0n) is 41.9. The molecule has 21 aliphatic rings. The van der Waals surface area contributed by atoms with Gasteiger partial charge in [0.25, 0.3) is 0 Å². The minimum absolute atomic E-state index is 0.179. The molecule has 35 unspecified atom stereocenters. The van der Waals surface area contributed by atoms with E-state index in [-0.39, 0.29) is 6.61 Å². The SMILES string of the molecule is CCOC1C2OC(CO)C(OC3OC(CO)C(OC4OC(CO)C(OC5OC(CO)C(OC6OC(CO)C(OC7OC(CO)C(OC8OC(CO)C(O2)C(O)C8O)C(O)C7O)C(O)C6O)C(O)C5O)C(O)C4O)C(O)C3O)C1O. The molecule has 0 amide bonds. The van der Waals surface area contributed by atoms with Crippen LogP contribution >= 0.6 is 0 Å². The molecule has 14 bridgehead atoms. The summed E-state index contributed by atoms with van der Waals surface area (Å²) in [6.45, 7) is -5.85. The van der Waals surface area contributed by atoms with Gasteiger partial charge in [-0.05, 0) is 6.92 Å². The molecule has 35 heteroatoms. The van der Waals surface area contributed by atoms with Crippen molar-refractivity contribution in [1.82, 2.24) is 0 Å². The van der Waals surface area contributed by atoms with Gasteiger partial charge >= 0.3 is 0 Å². The van der Waals surface area contributed by atoms with E-state index in [2.05, 4.69) is 0 Å². The number of ether oxygens (including phenoxy) is 15. The zero-order chi connectivity index (χ0) is 57.5. The van der Waals surface area contributed by atoms with Crippen molar-refractivity contribution in [2.24, 2.45) is 0 Å². The molecule has 21 fully saturated rings. The third kappa shape index (κ3) is 12.6. The lowest BCUT2D eigenvalue weighted by molar-refractivity contribution is -0.398. The van der Waals surface area contributed by atoms with Gasteiger partial charge in [0.1, 0.15) is 171 Å². The van der Waals surface area contributed by atoms with E-state index in [0.717, 1.165) is 0 Å². The second-order valence-corrected chi connectivity index (χ2v) is 20.1. The lowest BCUT2D eigenvalue weighted by Crippen LogP contribution is -2.68. The topological polar surface area (TPSA) is 543 Å². The summed E-state index contributed by atoms with van der Waals surface area (Å²) in [4.78, 5) is 0. The number of rotatable bonds is 9. The highest BCUT2D eigenvalue weighted by Crippen LogP contribution is 2.39. The third-order valence-corrected chi connectivity index (χ3v) is 15.1. The monoisotopic (exact) mass is 1160 g/mol. The Kier molecular flexibility index (Phi) is 22.0. The van der Waals surface area contributed by atoms with Gasteiger partial charge in [0.2, 0.25) is 0 Å². The summed E-state index contributed by atoms with van der Waals surface area (Å²) in [6.07, 6.45) is -68.3. The van der Waals surface area contributed by atoms with Crippen LogP contribution in [-0.2, 0) is 71.1 Å². The van der Waals surface area contributed by atoms with Gasteiger partial charge in [0.15, 0.2) is 44.0 Å². The predicted molar refractivity (Wildman–Crippen MR) is 238 cm³/mol. The van der Waals surface area contributed by atoms with Gasteiger partial charge < -0.3 is 173 Å². The molecule has 35 nitrogen and oxygen atoms in total. The molecule has 0 saturated carbocycles. The van der Waals surface area contributed by atoms with Crippen LogP contribution in [-0.4, -0.2) is 370 Å². The van der Waals surface area contributed by atoms with E-state index < -0.39 is 261 Å². The molecule has 21 rings (SSSR count). The van der Waals surface area contributed by atoms with Crippen molar-refractivity contribution in [3.8, 4) is 0 Å². The molecule has 0 spiro atoms. The molecule has 0 aromatic rings. The summed E-state index contributed by atoms with van der Waals surface area (Å²) in [5.41, 5.74) is 0. The second-order valence-electron chi connectivity index (χ2n) is 20.1. The normalized spacial score (nSPS) is 54.3. The summed E-state index contributed by atoms with van der Waals surface area (Å²) in [6, 6.07) is 0. The lowest BCUT2D eigenvalue weighted by atomic mass is 9.95. The van der Waals surface area contributed by atoms with E-state index in [4.69, 9.17) is 71.1 Å². The fraction of sp³-hybridized carbons (Fsp3) is 1.00. The molecule has 21 aliphatic heterocycles. The van der Waals surface area contributed by atoms with Crippen LogP contribution in [0, 0.1) is 0 Å². The predicted octanol–water partition coefficient (Wildman–Crippen LogP) is -14.2. The molecule has 21 heterocycles. The van der Waals surface area contributed by atoms with Gasteiger partial charge in [-0.1, -0.05) is 0 Å². The van der Waals surface area contributed by atoms with E-state index in [9.17, 15) is 102 Å². The molecule has 79 heavy (non-hydrogen) atoms. The van der Waals surface area contributed by atoms with Crippen LogP contribution in [0.5, 0.6) is 0 Å². The average molecular weight is 1160 g/mol. The zero-order valence-corrected chi connectivity index (χ0v) is 41.9. The summed E-state index contributed by atoms with van der Waals surface area (Å²) in [7, 11) is 0. The van der Waals surface area contributed by atoms with Gasteiger partial charge in [-0.3, -0.25) is 0 Å². The van der Waals surface area contributed by atoms with E-state index >= 15 is 0 Å². The molecule has 460 valence electrons. The van der Waals surface area contributed by atoms with Crippen LogP contribution < -0.4 is 0 Å². The molecular weight excluding hydrogens is 1090 g/mol. The first-order valence-electron chi connectivity index (χ1n) is 25.6. The molecular formula is C44H74O35. The summed E-state index contributed by atoms with van der Waals surface area (Å²) < 4.78 is 86.4. The first-order valence-corrected chi connectivity index (χ1v) is 25.6. The van der Waals surface area contributed by atoms with Gasteiger partial charge in [0, 0.05) is 6.61 Å². The number of aliphatic hydroxyl groups is 20. The maximum atomic E-state index is 11.8. The van der Waals surface area contributed by atoms with Gasteiger partial charge in [-0.25, -0.2) is 0 Å². The van der Waals surface area contributed by atoms with E-state index in [1.54, 1.807) is 0 Å². The Bertz CT molecular complexity index is 1860. The van der Waals surface area contributed by atoms with E-state index in [1.807, 2.05) is 0 Å². The van der Waals surface area contributed by atoms with Gasteiger partial charge in [-0.2, -0.15) is 0 Å². The molecule has 21 saturated heterocycles. The summed E-state index contributed by atoms with van der Waals surface area (Å²) in [5.74, 6) is 0. The second kappa shape index (κ2) is 27.3. The van der Waals surface area contributed by atoms with Crippen LogP contribution in [0.3, 0.4) is 0 Å². The van der Waals surface area contributed by atoms with Crippen LogP contribution in [0.25, 0.3) is 0 Å². The highest BCUT2D eigenvalue weighted by atomic mass is 16.8. The highest BCUT2D eigenvalue weighted by molar-refractivity contribution is 5.02. The van der Waals surface area contributed by atoms with Gasteiger partial charge in [0.05, 0.1) is 46.2 Å². The number of hydrogen-bond donors (Lipinski definition) is 20. The van der Waals surface area contributed by atoms with Crippen molar-refractivity contribution < 1.29 is 173 Å². The highest BCUT2D eigenvalue weighted by Gasteiger charge is 2.59.